The number of rotatable bonds is 6. The molecule has 6 heteroatoms. The molecule has 3 aliphatic carbocycles. The van der Waals surface area contributed by atoms with E-state index in [1.54, 1.807) is 17.4 Å². The van der Waals surface area contributed by atoms with Crippen molar-refractivity contribution in [3.05, 3.63) is 158 Å². The van der Waals surface area contributed by atoms with Crippen LogP contribution in [0.3, 0.4) is 0 Å². The van der Waals surface area contributed by atoms with Crippen LogP contribution >= 0.6 is 22.7 Å². The number of carbonyl (C=O) groups is 1. The molecule has 0 spiro atoms. The van der Waals surface area contributed by atoms with Crippen LogP contribution in [-0.2, 0) is 10.2 Å². The van der Waals surface area contributed by atoms with Gasteiger partial charge in [-0.1, -0.05) is 86.7 Å². The first-order valence-electron chi connectivity index (χ1n) is 17.1. The van der Waals surface area contributed by atoms with Gasteiger partial charge in [0.2, 0.25) is 0 Å². The zero-order valence-corrected chi connectivity index (χ0v) is 29.4. The van der Waals surface area contributed by atoms with Crippen LogP contribution in [0, 0.1) is 17.2 Å². The van der Waals surface area contributed by atoms with Gasteiger partial charge in [-0.15, -0.1) is 22.7 Å². The van der Waals surface area contributed by atoms with Gasteiger partial charge in [0, 0.05) is 42.2 Å². The third-order valence-corrected chi connectivity index (χ3v) is 13.2. The summed E-state index contributed by atoms with van der Waals surface area (Å²) in [5, 5.41) is 18.5. The topological polar surface area (TPSA) is 64.3 Å². The third-order valence-electron chi connectivity index (χ3n) is 10.8. The Morgan fingerprint density at radius 2 is 1.62 bits per heavy atom. The van der Waals surface area contributed by atoms with Crippen molar-refractivity contribution < 1.29 is 9.90 Å². The number of carboxylic acids is 1. The van der Waals surface area contributed by atoms with Crippen LogP contribution in [-0.4, -0.2) is 11.1 Å². The minimum Gasteiger partial charge on any atom is -0.477 e. The van der Waals surface area contributed by atoms with E-state index >= 15 is 0 Å². The monoisotopic (exact) mass is 686 g/mol. The van der Waals surface area contributed by atoms with Crippen LogP contribution in [0.25, 0.3) is 32.5 Å². The lowest BCUT2D eigenvalue weighted by Crippen LogP contribution is -2.27. The highest BCUT2D eigenvalue weighted by Crippen LogP contribution is 2.57. The maximum absolute atomic E-state index is 11.4. The van der Waals surface area contributed by atoms with Crippen molar-refractivity contribution in [1.29, 1.82) is 5.26 Å². The smallest absolute Gasteiger partial charge is 0.346 e. The van der Waals surface area contributed by atoms with E-state index in [0.29, 0.717) is 0 Å². The van der Waals surface area contributed by atoms with Gasteiger partial charge in [0.05, 0.1) is 6.04 Å². The van der Waals surface area contributed by atoms with Crippen LogP contribution in [0.15, 0.2) is 132 Å². The van der Waals surface area contributed by atoms with Crippen molar-refractivity contribution in [2.24, 2.45) is 5.92 Å². The molecule has 2 atom stereocenters. The van der Waals surface area contributed by atoms with E-state index < -0.39 is 5.97 Å². The molecular formula is C44H34N2O2S2. The third kappa shape index (κ3) is 4.80. The van der Waals surface area contributed by atoms with Crippen LogP contribution in [0.2, 0.25) is 0 Å². The number of para-hydroxylation sites is 1. The summed E-state index contributed by atoms with van der Waals surface area (Å²) in [5.74, 6) is -0.989. The number of hydrogen-bond acceptors (Lipinski definition) is 5. The van der Waals surface area contributed by atoms with E-state index in [2.05, 4.69) is 116 Å². The summed E-state index contributed by atoms with van der Waals surface area (Å²) in [4.78, 5) is 18.2. The SMILES string of the molecule is CC1(C)c2ccccc2-c2ccc(C3C4C=C(c5ccc(-c6ccc(/C=C(/C#N)C(=O)O)s6)s5)C=C5CCCC(=C54)N3c3ccccc3)cc21. The number of nitriles is 1. The fraction of sp³-hybridized carbons (Fsp3) is 0.182. The van der Waals surface area contributed by atoms with Gasteiger partial charge in [-0.2, -0.15) is 5.26 Å². The van der Waals surface area contributed by atoms with E-state index in [0.717, 1.165) is 33.9 Å². The number of carboxylic acid groups (broad SMARTS) is 1. The number of nitrogens with zero attached hydrogens (tertiary/aromatic N) is 2. The second-order valence-corrected chi connectivity index (χ2v) is 16.2. The van der Waals surface area contributed by atoms with Gasteiger partial charge in [-0.25, -0.2) is 4.79 Å². The lowest BCUT2D eigenvalue weighted by molar-refractivity contribution is -0.132. The number of allylic oxidation sites excluding steroid dienone is 4. The van der Waals surface area contributed by atoms with Gasteiger partial charge >= 0.3 is 5.97 Å². The molecule has 244 valence electrons. The number of thiophene rings is 2. The van der Waals surface area contributed by atoms with Crippen LogP contribution in [0.1, 0.15) is 65.6 Å². The Morgan fingerprint density at radius 3 is 2.44 bits per heavy atom. The first-order chi connectivity index (χ1) is 24.3. The summed E-state index contributed by atoms with van der Waals surface area (Å²) >= 11 is 3.28. The van der Waals surface area contributed by atoms with Crippen LogP contribution in [0.4, 0.5) is 5.69 Å². The highest BCUT2D eigenvalue weighted by molar-refractivity contribution is 7.23. The molecular weight excluding hydrogens is 653 g/mol. The van der Waals surface area contributed by atoms with Crippen molar-refractivity contribution in [2.75, 3.05) is 4.90 Å². The largest absolute Gasteiger partial charge is 0.477 e. The maximum Gasteiger partial charge on any atom is 0.346 e. The van der Waals surface area contributed by atoms with Crippen LogP contribution in [0.5, 0.6) is 0 Å². The van der Waals surface area contributed by atoms with E-state index in [4.69, 9.17) is 0 Å². The molecule has 0 saturated heterocycles. The summed E-state index contributed by atoms with van der Waals surface area (Å²) in [6.07, 6.45) is 9.70. The van der Waals surface area contributed by atoms with Gasteiger partial charge in [0.25, 0.3) is 0 Å². The summed E-state index contributed by atoms with van der Waals surface area (Å²) in [6, 6.07) is 37.3. The number of fused-ring (bicyclic) bond motifs is 3. The first kappa shape index (κ1) is 30.8. The summed E-state index contributed by atoms with van der Waals surface area (Å²) < 4.78 is 0. The van der Waals surface area contributed by atoms with Gasteiger partial charge in [0.1, 0.15) is 11.6 Å². The Kier molecular flexibility index (Phi) is 7.20. The molecule has 2 aromatic heterocycles. The molecule has 4 nitrogen and oxygen atoms in total. The van der Waals surface area contributed by atoms with E-state index in [1.165, 1.54) is 78.2 Å². The number of hydrogen-bond donors (Lipinski definition) is 1. The van der Waals surface area contributed by atoms with E-state index in [1.807, 2.05) is 12.1 Å². The van der Waals surface area contributed by atoms with Gasteiger partial charge in [-0.3, -0.25) is 0 Å². The lowest BCUT2D eigenvalue weighted by atomic mass is 9.76. The minimum absolute atomic E-state index is 0.0710. The van der Waals surface area contributed by atoms with Gasteiger partial charge < -0.3 is 10.0 Å². The molecule has 0 radical (unpaired) electrons. The molecule has 3 heterocycles. The van der Waals surface area contributed by atoms with Crippen molar-refractivity contribution in [2.45, 2.75) is 44.6 Å². The molecule has 0 fully saturated rings. The molecule has 0 bridgehead atoms. The Bertz CT molecular complexity index is 2390. The summed E-state index contributed by atoms with van der Waals surface area (Å²) in [7, 11) is 0. The zero-order valence-electron chi connectivity index (χ0n) is 27.8. The molecule has 0 amide bonds. The quantitative estimate of drug-likeness (QED) is 0.143. The molecule has 9 rings (SSSR count). The van der Waals surface area contributed by atoms with Gasteiger partial charge in [-0.05, 0) is 106 Å². The van der Waals surface area contributed by atoms with E-state index in [-0.39, 0.29) is 22.9 Å². The van der Waals surface area contributed by atoms with E-state index in [9.17, 15) is 15.2 Å². The van der Waals surface area contributed by atoms with Crippen molar-refractivity contribution in [3.63, 3.8) is 0 Å². The average Bonchev–Trinajstić information content (AvgIpc) is 3.92. The molecule has 1 N–H and O–H groups in total. The summed E-state index contributed by atoms with van der Waals surface area (Å²) in [6.45, 7) is 4.73. The fourth-order valence-corrected chi connectivity index (χ4v) is 10.6. The standard InChI is InChI=1S/C44H34N2O2S2/c1-44(2)35-13-7-6-12-32(35)33-17-15-27(24-36(33)44)42-34-23-28(21-26-9-8-14-37(41(26)34)46(42)30-10-4-3-5-11-30)38-19-20-40(50-38)39-18-16-31(49-39)22-29(25-45)43(47)48/h3-7,10-13,15-24,34,42H,8-9,14H2,1-2H3,(H,47,48)/b29-22-. The predicted molar refractivity (Wildman–Crippen MR) is 205 cm³/mol. The molecule has 4 aliphatic rings. The Morgan fingerprint density at radius 1 is 0.880 bits per heavy atom. The molecule has 5 aromatic rings. The van der Waals surface area contributed by atoms with Gasteiger partial charge in [0.15, 0.2) is 0 Å². The minimum atomic E-state index is -1.21. The summed E-state index contributed by atoms with van der Waals surface area (Å²) in [5.41, 5.74) is 13.5. The predicted octanol–water partition coefficient (Wildman–Crippen LogP) is 11.4. The maximum atomic E-state index is 11.4. The number of benzene rings is 3. The highest BCUT2D eigenvalue weighted by Gasteiger charge is 2.46. The molecule has 1 aliphatic heterocycles. The lowest BCUT2D eigenvalue weighted by Gasteiger charge is -2.33. The molecule has 3 aromatic carbocycles. The second-order valence-electron chi connectivity index (χ2n) is 14.0. The van der Waals surface area contributed by atoms with Crippen molar-refractivity contribution in [3.8, 4) is 27.0 Å². The molecule has 2 unspecified atom stereocenters. The normalized spacial score (nSPS) is 20.1. The molecule has 50 heavy (non-hydrogen) atoms. The number of anilines is 1. The fourth-order valence-electron chi connectivity index (χ4n) is 8.59. The van der Waals surface area contributed by atoms with Crippen molar-refractivity contribution >= 4 is 46.0 Å². The average molecular weight is 687 g/mol. The Labute approximate surface area is 300 Å². The Balaban J connectivity index is 1.14. The highest BCUT2D eigenvalue weighted by atomic mass is 32.1. The van der Waals surface area contributed by atoms with Crippen molar-refractivity contribution in [1.82, 2.24) is 0 Å². The Hall–Kier alpha value is -5.22. The second kappa shape index (κ2) is 11.7. The van der Waals surface area contributed by atoms with Crippen LogP contribution < -0.4 is 4.90 Å². The number of aliphatic carboxylic acids is 1. The zero-order chi connectivity index (χ0) is 34.1. The first-order valence-corrected chi connectivity index (χ1v) is 18.7. The molecule has 0 saturated carbocycles.